The fourth-order valence-corrected chi connectivity index (χ4v) is 4.75. The molecule has 1 amide bonds. The van der Waals surface area contributed by atoms with Gasteiger partial charge in [0.2, 0.25) is 5.91 Å². The van der Waals surface area contributed by atoms with Gasteiger partial charge in [-0.05, 0) is 83.1 Å². The molecule has 8 heteroatoms. The van der Waals surface area contributed by atoms with Crippen molar-refractivity contribution in [1.29, 1.82) is 0 Å². The molecule has 3 rings (SSSR count). The Morgan fingerprint density at radius 2 is 1.57 bits per heavy atom. The maximum absolute atomic E-state index is 13.2. The molecule has 30 heavy (non-hydrogen) atoms. The molecule has 3 aromatic carbocycles. The van der Waals surface area contributed by atoms with Crippen LogP contribution in [0.5, 0.6) is 0 Å². The molecule has 5 nitrogen and oxygen atoms in total. The van der Waals surface area contributed by atoms with E-state index in [0.29, 0.717) is 23.7 Å². The summed E-state index contributed by atoms with van der Waals surface area (Å²) in [6.45, 7) is 0.0881. The molecule has 0 aliphatic rings. The monoisotopic (exact) mass is 554 g/mol. The van der Waals surface area contributed by atoms with Gasteiger partial charge in [-0.1, -0.05) is 41.9 Å². The summed E-state index contributed by atoms with van der Waals surface area (Å²) in [5.74, 6) is -0.373. The molecule has 0 aliphatic heterocycles. The summed E-state index contributed by atoms with van der Waals surface area (Å²) in [5.41, 5.74) is 1.47. The van der Waals surface area contributed by atoms with Gasteiger partial charge in [0.15, 0.2) is 0 Å². The number of sulfonamides is 1. The fraction of sp³-hybridized carbons (Fsp3) is 0.136. The Morgan fingerprint density at radius 3 is 2.20 bits per heavy atom. The molecule has 0 saturated carbocycles. The second kappa shape index (κ2) is 10.3. The third-order valence-corrected chi connectivity index (χ3v) is 7.14. The summed E-state index contributed by atoms with van der Waals surface area (Å²) < 4.78 is 28.5. The first-order valence-electron chi connectivity index (χ1n) is 9.21. The maximum Gasteiger partial charge on any atom is 0.264 e. The minimum atomic E-state index is -3.89. The van der Waals surface area contributed by atoms with E-state index in [2.05, 4.69) is 27.9 Å². The molecule has 0 radical (unpaired) electrons. The summed E-state index contributed by atoms with van der Waals surface area (Å²) in [5, 5.41) is 3.46. The van der Waals surface area contributed by atoms with Crippen LogP contribution in [0.2, 0.25) is 5.02 Å². The largest absolute Gasteiger partial charge is 0.354 e. The van der Waals surface area contributed by atoms with Crippen LogP contribution in [0.3, 0.4) is 0 Å². The van der Waals surface area contributed by atoms with E-state index in [1.165, 1.54) is 12.1 Å². The lowest BCUT2D eigenvalue weighted by Crippen LogP contribution is -2.41. The molecular formula is C22H20ClIN2O3S. The molecule has 0 saturated heterocycles. The van der Waals surface area contributed by atoms with Crippen molar-refractivity contribution >= 4 is 55.8 Å². The van der Waals surface area contributed by atoms with Crippen molar-refractivity contribution in [2.24, 2.45) is 0 Å². The van der Waals surface area contributed by atoms with Gasteiger partial charge in [0, 0.05) is 15.1 Å². The molecule has 0 heterocycles. The Hall–Kier alpha value is -2.10. The Labute approximate surface area is 195 Å². The van der Waals surface area contributed by atoms with Crippen molar-refractivity contribution in [3.63, 3.8) is 0 Å². The molecule has 0 atom stereocenters. The minimum Gasteiger partial charge on any atom is -0.354 e. The van der Waals surface area contributed by atoms with E-state index >= 15 is 0 Å². The zero-order valence-electron chi connectivity index (χ0n) is 16.0. The highest BCUT2D eigenvalue weighted by molar-refractivity contribution is 14.1. The number of hydrogen-bond acceptors (Lipinski definition) is 3. The van der Waals surface area contributed by atoms with Crippen LogP contribution in [0.25, 0.3) is 0 Å². The number of nitrogens with zero attached hydrogens (tertiary/aromatic N) is 1. The van der Waals surface area contributed by atoms with Crippen molar-refractivity contribution in [1.82, 2.24) is 5.32 Å². The van der Waals surface area contributed by atoms with Gasteiger partial charge < -0.3 is 5.32 Å². The molecule has 0 aliphatic carbocycles. The summed E-state index contributed by atoms with van der Waals surface area (Å²) in [4.78, 5) is 12.7. The lowest BCUT2D eigenvalue weighted by Gasteiger charge is -2.24. The summed E-state index contributed by atoms with van der Waals surface area (Å²) in [6.07, 6.45) is 0.623. The normalized spacial score (nSPS) is 11.1. The van der Waals surface area contributed by atoms with Gasteiger partial charge in [-0.25, -0.2) is 8.42 Å². The third kappa shape index (κ3) is 5.96. The maximum atomic E-state index is 13.2. The molecule has 0 spiro atoms. The quantitative estimate of drug-likeness (QED) is 0.417. The van der Waals surface area contributed by atoms with Crippen LogP contribution >= 0.6 is 34.2 Å². The van der Waals surface area contributed by atoms with E-state index in [-0.39, 0.29) is 17.3 Å². The van der Waals surface area contributed by atoms with Crippen LogP contribution in [-0.2, 0) is 21.2 Å². The number of carbonyl (C=O) groups is 1. The third-order valence-electron chi connectivity index (χ3n) is 4.38. The SMILES string of the molecule is O=C(CN(c1ccc(I)cc1)S(=O)(=O)c1ccccc1)NCCc1ccc(Cl)cc1. The average Bonchev–Trinajstić information content (AvgIpc) is 2.75. The summed E-state index contributed by atoms with van der Waals surface area (Å²) in [6, 6.07) is 22.5. The highest BCUT2D eigenvalue weighted by Gasteiger charge is 2.26. The van der Waals surface area contributed by atoms with Crippen LogP contribution in [0.1, 0.15) is 5.56 Å². The van der Waals surface area contributed by atoms with Crippen LogP contribution in [0.15, 0.2) is 83.8 Å². The van der Waals surface area contributed by atoms with Gasteiger partial charge in [-0.15, -0.1) is 0 Å². The van der Waals surface area contributed by atoms with Crippen molar-refractivity contribution in [2.45, 2.75) is 11.3 Å². The average molecular weight is 555 g/mol. The second-order valence-corrected chi connectivity index (χ2v) is 10.1. The van der Waals surface area contributed by atoms with Crippen LogP contribution < -0.4 is 9.62 Å². The van der Waals surface area contributed by atoms with E-state index in [9.17, 15) is 13.2 Å². The molecule has 0 bridgehead atoms. The van der Waals surface area contributed by atoms with Crippen LogP contribution in [0.4, 0.5) is 5.69 Å². The Kier molecular flexibility index (Phi) is 7.74. The first-order chi connectivity index (χ1) is 14.4. The van der Waals surface area contributed by atoms with E-state index < -0.39 is 10.0 Å². The topological polar surface area (TPSA) is 66.5 Å². The number of amides is 1. The molecular weight excluding hydrogens is 535 g/mol. The van der Waals surface area contributed by atoms with Gasteiger partial charge in [-0.3, -0.25) is 9.10 Å². The Bertz CT molecular complexity index is 1090. The predicted octanol–water partition coefficient (Wildman–Crippen LogP) is 4.50. The molecule has 3 aromatic rings. The molecule has 156 valence electrons. The second-order valence-electron chi connectivity index (χ2n) is 6.53. The summed E-state index contributed by atoms with van der Waals surface area (Å²) in [7, 11) is -3.89. The van der Waals surface area contributed by atoms with E-state index in [0.717, 1.165) is 13.4 Å². The molecule has 0 aromatic heterocycles. The van der Waals surface area contributed by atoms with Gasteiger partial charge in [0.05, 0.1) is 10.6 Å². The molecule has 0 unspecified atom stereocenters. The summed E-state index contributed by atoms with van der Waals surface area (Å²) >= 11 is 8.03. The highest BCUT2D eigenvalue weighted by Crippen LogP contribution is 2.24. The standard InChI is InChI=1S/C22H20ClIN2O3S/c23-18-8-6-17(7-9-18)14-15-25-22(27)16-26(20-12-10-19(24)11-13-20)30(28,29)21-4-2-1-3-5-21/h1-13H,14-16H2,(H,25,27). The zero-order valence-corrected chi connectivity index (χ0v) is 19.7. The van der Waals surface area contributed by atoms with Crippen molar-refractivity contribution < 1.29 is 13.2 Å². The lowest BCUT2D eigenvalue weighted by atomic mass is 10.1. The number of carbonyl (C=O) groups excluding carboxylic acids is 1. The van der Waals surface area contributed by atoms with Crippen LogP contribution in [0, 0.1) is 3.57 Å². The van der Waals surface area contributed by atoms with Gasteiger partial charge in [-0.2, -0.15) is 0 Å². The van der Waals surface area contributed by atoms with Crippen molar-refractivity contribution in [3.8, 4) is 0 Å². The lowest BCUT2D eigenvalue weighted by molar-refractivity contribution is -0.119. The van der Waals surface area contributed by atoms with Gasteiger partial charge in [0.1, 0.15) is 6.54 Å². The predicted molar refractivity (Wildman–Crippen MR) is 128 cm³/mol. The van der Waals surface area contributed by atoms with Crippen molar-refractivity contribution in [3.05, 3.63) is 93.0 Å². The number of benzene rings is 3. The minimum absolute atomic E-state index is 0.137. The first kappa shape index (κ1) is 22.6. The number of nitrogens with one attached hydrogen (secondary N) is 1. The first-order valence-corrected chi connectivity index (χ1v) is 12.1. The van der Waals surface area contributed by atoms with Gasteiger partial charge >= 0.3 is 0 Å². The molecule has 0 fully saturated rings. The zero-order chi connectivity index (χ0) is 21.6. The van der Waals surface area contributed by atoms with Crippen molar-refractivity contribution in [2.75, 3.05) is 17.4 Å². The smallest absolute Gasteiger partial charge is 0.264 e. The number of halogens is 2. The van der Waals surface area contributed by atoms with Crippen LogP contribution in [-0.4, -0.2) is 27.4 Å². The van der Waals surface area contributed by atoms with E-state index in [1.54, 1.807) is 42.5 Å². The Balaban J connectivity index is 1.74. The number of rotatable bonds is 8. The molecule has 1 N–H and O–H groups in total. The number of hydrogen-bond donors (Lipinski definition) is 1. The number of anilines is 1. The highest BCUT2D eigenvalue weighted by atomic mass is 127. The van der Waals surface area contributed by atoms with E-state index in [1.807, 2.05) is 24.3 Å². The van der Waals surface area contributed by atoms with E-state index in [4.69, 9.17) is 11.6 Å². The Morgan fingerprint density at radius 1 is 0.933 bits per heavy atom. The fourth-order valence-electron chi connectivity index (χ4n) is 2.83. The van der Waals surface area contributed by atoms with Gasteiger partial charge in [0.25, 0.3) is 10.0 Å².